The van der Waals surface area contributed by atoms with Crippen molar-refractivity contribution < 1.29 is 18.7 Å². The molecule has 1 unspecified atom stereocenters. The molecule has 2 aromatic rings. The van der Waals surface area contributed by atoms with E-state index in [-0.39, 0.29) is 28.3 Å². The fourth-order valence-corrected chi connectivity index (χ4v) is 3.68. The van der Waals surface area contributed by atoms with Gasteiger partial charge < -0.3 is 10.5 Å². The molecule has 9 heteroatoms. The van der Waals surface area contributed by atoms with Crippen molar-refractivity contribution in [2.24, 2.45) is 5.73 Å². The van der Waals surface area contributed by atoms with E-state index in [1.54, 1.807) is 19.9 Å². The van der Waals surface area contributed by atoms with E-state index in [2.05, 4.69) is 20.9 Å². The molecule has 0 radical (unpaired) electrons. The first-order valence-electron chi connectivity index (χ1n) is 7.78. The van der Waals surface area contributed by atoms with E-state index >= 15 is 0 Å². The van der Waals surface area contributed by atoms with E-state index in [0.717, 1.165) is 11.8 Å². The molecule has 0 bridgehead atoms. The molecular weight excluding hydrogens is 437 g/mol. The Bertz CT molecular complexity index is 946. The van der Waals surface area contributed by atoms with E-state index in [1.165, 1.54) is 18.2 Å². The number of aryl methyl sites for hydroxylation is 1. The number of thioether (sulfide) groups is 1. The number of benzene rings is 1. The van der Waals surface area contributed by atoms with Gasteiger partial charge in [0.25, 0.3) is 0 Å². The van der Waals surface area contributed by atoms with Crippen LogP contribution in [-0.4, -0.2) is 23.5 Å². The maximum atomic E-state index is 14.3. The summed E-state index contributed by atoms with van der Waals surface area (Å²) in [6.45, 7) is 3.43. The van der Waals surface area contributed by atoms with Crippen LogP contribution >= 0.6 is 27.7 Å². The summed E-state index contributed by atoms with van der Waals surface area (Å²) >= 11 is 4.01. The summed E-state index contributed by atoms with van der Waals surface area (Å²) in [6.07, 6.45) is 0. The lowest BCUT2D eigenvalue weighted by Gasteiger charge is -2.16. The molecule has 1 heterocycles. The number of nitrogens with two attached hydrogens (primary N) is 1. The molecule has 0 spiro atoms. The zero-order valence-electron chi connectivity index (χ0n) is 14.5. The number of carbonyl (C=O) groups is 2. The van der Waals surface area contributed by atoms with E-state index in [1.807, 2.05) is 6.07 Å². The second kappa shape index (κ2) is 8.97. The van der Waals surface area contributed by atoms with Crippen molar-refractivity contribution in [3.05, 3.63) is 56.9 Å². The van der Waals surface area contributed by atoms with Gasteiger partial charge in [-0.3, -0.25) is 4.79 Å². The molecule has 1 aromatic heterocycles. The van der Waals surface area contributed by atoms with Crippen molar-refractivity contribution >= 4 is 39.6 Å². The Hall–Kier alpha value is -2.44. The van der Waals surface area contributed by atoms with Crippen LogP contribution in [0, 0.1) is 24.1 Å². The number of aromatic nitrogens is 1. The van der Waals surface area contributed by atoms with Crippen LogP contribution in [0.5, 0.6) is 0 Å². The van der Waals surface area contributed by atoms with E-state index in [4.69, 9.17) is 10.5 Å². The summed E-state index contributed by atoms with van der Waals surface area (Å²) in [5.41, 5.74) is 6.08. The first-order valence-corrected chi connectivity index (χ1v) is 9.45. The number of ether oxygens (including phenoxy) is 1. The summed E-state index contributed by atoms with van der Waals surface area (Å²) in [4.78, 5) is 28.1. The Balaban J connectivity index is 2.47. The summed E-state index contributed by atoms with van der Waals surface area (Å²) in [6, 6.07) is 7.53. The highest BCUT2D eigenvalue weighted by atomic mass is 79.9. The standard InChI is InChI=1S/C18H15BrFN3O3S/c1-3-26-18(25)13-6-10(8-21)17(23-9(13)2)27-15(16(22)24)12-5-4-11(19)7-14(12)20/h4-7,15H,3H2,1-2H3,(H2,22,24). The van der Waals surface area contributed by atoms with Crippen LogP contribution in [0.15, 0.2) is 33.8 Å². The largest absolute Gasteiger partial charge is 0.462 e. The summed E-state index contributed by atoms with van der Waals surface area (Å²) in [5.74, 6) is -1.99. The third-order valence-electron chi connectivity index (χ3n) is 3.53. The minimum absolute atomic E-state index is 0.0671. The zero-order valence-corrected chi connectivity index (χ0v) is 16.9. The highest BCUT2D eigenvalue weighted by Crippen LogP contribution is 2.38. The van der Waals surface area contributed by atoms with Crippen molar-refractivity contribution in [1.29, 1.82) is 5.26 Å². The minimum atomic E-state index is -1.09. The number of rotatable bonds is 6. The van der Waals surface area contributed by atoms with Gasteiger partial charge in [0.15, 0.2) is 0 Å². The highest BCUT2D eigenvalue weighted by Gasteiger charge is 2.26. The zero-order chi connectivity index (χ0) is 20.1. The number of nitrogens with zero attached hydrogens (tertiary/aromatic N) is 2. The molecule has 0 saturated carbocycles. The van der Waals surface area contributed by atoms with Gasteiger partial charge in [-0.05, 0) is 32.0 Å². The van der Waals surface area contributed by atoms with Gasteiger partial charge in [-0.25, -0.2) is 14.2 Å². The van der Waals surface area contributed by atoms with Crippen molar-refractivity contribution in [2.75, 3.05) is 6.61 Å². The van der Waals surface area contributed by atoms with Crippen LogP contribution in [0.25, 0.3) is 0 Å². The monoisotopic (exact) mass is 451 g/mol. The van der Waals surface area contributed by atoms with Gasteiger partial charge >= 0.3 is 5.97 Å². The lowest BCUT2D eigenvalue weighted by Crippen LogP contribution is -2.20. The van der Waals surface area contributed by atoms with Gasteiger partial charge in [-0.2, -0.15) is 5.26 Å². The molecule has 2 rings (SSSR count). The second-order valence-electron chi connectivity index (χ2n) is 5.37. The number of hydrogen-bond donors (Lipinski definition) is 1. The Kier molecular flexibility index (Phi) is 6.93. The SMILES string of the molecule is CCOC(=O)c1cc(C#N)c(SC(C(N)=O)c2ccc(Br)cc2F)nc1C. The Morgan fingerprint density at radius 1 is 1.44 bits per heavy atom. The van der Waals surface area contributed by atoms with E-state index in [0.29, 0.717) is 10.2 Å². The van der Waals surface area contributed by atoms with E-state index < -0.39 is 22.9 Å². The second-order valence-corrected chi connectivity index (χ2v) is 7.38. The van der Waals surface area contributed by atoms with Crippen LogP contribution in [-0.2, 0) is 9.53 Å². The number of carbonyl (C=O) groups excluding carboxylic acids is 2. The first kappa shape index (κ1) is 20.9. The molecular formula is C18H15BrFN3O3S. The fraction of sp³-hybridized carbons (Fsp3) is 0.222. The number of primary amides is 1. The predicted molar refractivity (Wildman–Crippen MR) is 102 cm³/mol. The van der Waals surface area contributed by atoms with Gasteiger partial charge in [0.2, 0.25) is 5.91 Å². The van der Waals surface area contributed by atoms with Crippen LogP contribution in [0.3, 0.4) is 0 Å². The third kappa shape index (κ3) is 4.84. The topological polar surface area (TPSA) is 106 Å². The Morgan fingerprint density at radius 3 is 2.70 bits per heavy atom. The number of nitriles is 1. The van der Waals surface area contributed by atoms with Gasteiger partial charge in [-0.15, -0.1) is 0 Å². The molecule has 1 aromatic carbocycles. The number of halogens is 2. The Labute approximate surface area is 168 Å². The van der Waals surface area contributed by atoms with Gasteiger partial charge in [0.05, 0.1) is 23.4 Å². The molecule has 6 nitrogen and oxygen atoms in total. The smallest absolute Gasteiger partial charge is 0.340 e. The highest BCUT2D eigenvalue weighted by molar-refractivity contribution is 9.10. The lowest BCUT2D eigenvalue weighted by molar-refractivity contribution is -0.117. The Morgan fingerprint density at radius 2 is 2.15 bits per heavy atom. The number of pyridine rings is 1. The molecule has 0 aliphatic carbocycles. The molecule has 27 heavy (non-hydrogen) atoms. The third-order valence-corrected chi connectivity index (χ3v) is 5.28. The van der Waals surface area contributed by atoms with Crippen LogP contribution in [0.2, 0.25) is 0 Å². The summed E-state index contributed by atoms with van der Waals surface area (Å²) in [7, 11) is 0. The first-order chi connectivity index (χ1) is 12.8. The average Bonchev–Trinajstić information content (AvgIpc) is 2.60. The number of amides is 1. The number of esters is 1. The van der Waals surface area contributed by atoms with Crippen molar-refractivity contribution in [3.63, 3.8) is 0 Å². The maximum absolute atomic E-state index is 14.3. The van der Waals surface area contributed by atoms with Gasteiger partial charge in [0.1, 0.15) is 22.2 Å². The van der Waals surface area contributed by atoms with Crippen LogP contribution < -0.4 is 5.73 Å². The average molecular weight is 452 g/mol. The molecule has 0 aliphatic rings. The molecule has 140 valence electrons. The van der Waals surface area contributed by atoms with Gasteiger partial charge in [0, 0.05) is 10.0 Å². The van der Waals surface area contributed by atoms with Crippen molar-refractivity contribution in [2.45, 2.75) is 24.1 Å². The predicted octanol–water partition coefficient (Wildman–Crippen LogP) is 3.66. The summed E-state index contributed by atoms with van der Waals surface area (Å²) < 4.78 is 19.7. The molecule has 0 saturated heterocycles. The quantitative estimate of drug-likeness (QED) is 0.530. The molecule has 0 fully saturated rings. The van der Waals surface area contributed by atoms with Crippen molar-refractivity contribution in [1.82, 2.24) is 4.98 Å². The normalized spacial score (nSPS) is 11.5. The molecule has 0 aliphatic heterocycles. The van der Waals surface area contributed by atoms with Gasteiger partial charge in [-0.1, -0.05) is 33.8 Å². The molecule has 2 N–H and O–H groups in total. The fourth-order valence-electron chi connectivity index (χ4n) is 2.27. The lowest BCUT2D eigenvalue weighted by atomic mass is 10.1. The minimum Gasteiger partial charge on any atom is -0.462 e. The summed E-state index contributed by atoms with van der Waals surface area (Å²) in [5, 5.41) is 8.49. The maximum Gasteiger partial charge on any atom is 0.340 e. The van der Waals surface area contributed by atoms with Crippen LogP contribution in [0.1, 0.15) is 39.4 Å². The van der Waals surface area contributed by atoms with Crippen molar-refractivity contribution in [3.8, 4) is 6.07 Å². The van der Waals surface area contributed by atoms with Crippen LogP contribution in [0.4, 0.5) is 4.39 Å². The molecule has 1 atom stereocenters. The molecule has 1 amide bonds. The van der Waals surface area contributed by atoms with E-state index in [9.17, 15) is 19.2 Å². The number of hydrogen-bond acceptors (Lipinski definition) is 6.